The van der Waals surface area contributed by atoms with Crippen molar-refractivity contribution in [3.63, 3.8) is 0 Å². The molecule has 0 aliphatic heterocycles. The third-order valence-corrected chi connectivity index (χ3v) is 4.81. The van der Waals surface area contributed by atoms with E-state index < -0.39 is 5.97 Å². The first kappa shape index (κ1) is 13.9. The summed E-state index contributed by atoms with van der Waals surface area (Å²) in [6.45, 7) is 3.93. The Morgan fingerprint density at radius 2 is 1.86 bits per heavy atom. The zero-order chi connectivity index (χ0) is 15.1. The maximum absolute atomic E-state index is 11.5. The SMILES string of the molecule is Cc1cc2oc(C(=O)O)c(-c3ccccc3)c2c(C)c1Br. The molecule has 0 aliphatic rings. The highest BCUT2D eigenvalue weighted by molar-refractivity contribution is 9.10. The molecule has 1 heterocycles. The first-order chi connectivity index (χ1) is 10.0. The maximum atomic E-state index is 11.5. The number of carbonyl (C=O) groups is 1. The first-order valence-electron chi connectivity index (χ1n) is 6.51. The molecule has 3 rings (SSSR count). The van der Waals surface area contributed by atoms with Crippen molar-refractivity contribution in [3.8, 4) is 11.1 Å². The molecular formula is C17H13BrO3. The fourth-order valence-electron chi connectivity index (χ4n) is 2.62. The van der Waals surface area contributed by atoms with E-state index in [4.69, 9.17) is 4.42 Å². The minimum absolute atomic E-state index is 0.0169. The molecular weight excluding hydrogens is 332 g/mol. The van der Waals surface area contributed by atoms with Crippen molar-refractivity contribution in [1.29, 1.82) is 0 Å². The molecule has 0 saturated heterocycles. The van der Waals surface area contributed by atoms with Gasteiger partial charge in [0, 0.05) is 15.4 Å². The highest BCUT2D eigenvalue weighted by Crippen LogP contribution is 2.40. The van der Waals surface area contributed by atoms with Crippen molar-refractivity contribution in [3.05, 3.63) is 57.8 Å². The van der Waals surface area contributed by atoms with Crippen molar-refractivity contribution in [2.24, 2.45) is 0 Å². The zero-order valence-corrected chi connectivity index (χ0v) is 13.2. The van der Waals surface area contributed by atoms with Crippen LogP contribution in [0.25, 0.3) is 22.1 Å². The van der Waals surface area contributed by atoms with Crippen LogP contribution in [0.2, 0.25) is 0 Å². The highest BCUT2D eigenvalue weighted by atomic mass is 79.9. The molecule has 1 aromatic heterocycles. The van der Waals surface area contributed by atoms with E-state index in [1.807, 2.05) is 50.2 Å². The van der Waals surface area contributed by atoms with Gasteiger partial charge >= 0.3 is 5.97 Å². The van der Waals surface area contributed by atoms with Gasteiger partial charge in [-0.1, -0.05) is 46.3 Å². The molecule has 0 fully saturated rings. The van der Waals surface area contributed by atoms with Gasteiger partial charge in [-0.2, -0.15) is 0 Å². The minimum Gasteiger partial charge on any atom is -0.475 e. The Hall–Kier alpha value is -2.07. The predicted molar refractivity (Wildman–Crippen MR) is 85.8 cm³/mol. The Balaban J connectivity index is 2.48. The zero-order valence-electron chi connectivity index (χ0n) is 11.6. The largest absolute Gasteiger partial charge is 0.475 e. The number of fused-ring (bicyclic) bond motifs is 1. The standard InChI is InChI=1S/C17H13BrO3/c1-9-8-12-13(10(2)15(9)18)14(16(21-12)17(19)20)11-6-4-3-5-7-11/h3-8H,1-2H3,(H,19,20). The van der Waals surface area contributed by atoms with Gasteiger partial charge in [-0.15, -0.1) is 0 Å². The van der Waals surface area contributed by atoms with E-state index in [-0.39, 0.29) is 5.76 Å². The minimum atomic E-state index is -1.06. The maximum Gasteiger partial charge on any atom is 0.372 e. The summed E-state index contributed by atoms with van der Waals surface area (Å²) in [4.78, 5) is 11.5. The molecule has 3 nitrogen and oxygen atoms in total. The molecule has 3 aromatic rings. The molecule has 2 aromatic carbocycles. The summed E-state index contributed by atoms with van der Waals surface area (Å²) < 4.78 is 6.59. The molecule has 1 N–H and O–H groups in total. The van der Waals surface area contributed by atoms with E-state index in [9.17, 15) is 9.90 Å². The molecule has 0 amide bonds. The van der Waals surface area contributed by atoms with Crippen LogP contribution in [-0.4, -0.2) is 11.1 Å². The summed E-state index contributed by atoms with van der Waals surface area (Å²) in [6, 6.07) is 11.3. The molecule has 4 heteroatoms. The van der Waals surface area contributed by atoms with Gasteiger partial charge < -0.3 is 9.52 Å². The van der Waals surface area contributed by atoms with E-state index in [0.717, 1.165) is 26.5 Å². The molecule has 0 aliphatic carbocycles. The average molecular weight is 345 g/mol. The quantitative estimate of drug-likeness (QED) is 0.696. The van der Waals surface area contributed by atoms with Crippen LogP contribution in [0.5, 0.6) is 0 Å². The first-order valence-corrected chi connectivity index (χ1v) is 7.31. The number of aryl methyl sites for hydroxylation is 2. The van der Waals surface area contributed by atoms with Crippen molar-refractivity contribution in [1.82, 2.24) is 0 Å². The molecule has 0 unspecified atom stereocenters. The Morgan fingerprint density at radius 1 is 1.19 bits per heavy atom. The van der Waals surface area contributed by atoms with Gasteiger partial charge in [-0.25, -0.2) is 4.79 Å². The Bertz CT molecular complexity index is 848. The van der Waals surface area contributed by atoms with Gasteiger partial charge in [-0.05, 0) is 36.6 Å². The van der Waals surface area contributed by atoms with Gasteiger partial charge in [0.05, 0.1) is 0 Å². The van der Waals surface area contributed by atoms with Crippen LogP contribution in [0.15, 0.2) is 45.3 Å². The smallest absolute Gasteiger partial charge is 0.372 e. The molecule has 106 valence electrons. The predicted octanol–water partition coefficient (Wildman–Crippen LogP) is 5.18. The summed E-state index contributed by atoms with van der Waals surface area (Å²) in [7, 11) is 0. The van der Waals surface area contributed by atoms with E-state index in [0.29, 0.717) is 11.1 Å². The van der Waals surface area contributed by atoms with E-state index in [1.54, 1.807) is 0 Å². The summed E-state index contributed by atoms with van der Waals surface area (Å²) in [5.74, 6) is -1.07. The van der Waals surface area contributed by atoms with Gasteiger partial charge in [0.2, 0.25) is 5.76 Å². The van der Waals surface area contributed by atoms with E-state index in [2.05, 4.69) is 15.9 Å². The molecule has 0 saturated carbocycles. The molecule has 0 atom stereocenters. The summed E-state index contributed by atoms with van der Waals surface area (Å²) in [5, 5.41) is 10.3. The van der Waals surface area contributed by atoms with Gasteiger partial charge in [-0.3, -0.25) is 0 Å². The number of hydrogen-bond acceptors (Lipinski definition) is 2. The third-order valence-electron chi connectivity index (χ3n) is 3.59. The van der Waals surface area contributed by atoms with Crippen LogP contribution >= 0.6 is 15.9 Å². The normalized spacial score (nSPS) is 11.0. The molecule has 0 radical (unpaired) electrons. The second-order valence-electron chi connectivity index (χ2n) is 4.98. The van der Waals surface area contributed by atoms with Crippen molar-refractivity contribution < 1.29 is 14.3 Å². The number of hydrogen-bond donors (Lipinski definition) is 1. The summed E-state index contributed by atoms with van der Waals surface area (Å²) in [6.07, 6.45) is 0. The topological polar surface area (TPSA) is 50.4 Å². The third kappa shape index (κ3) is 2.16. The van der Waals surface area contributed by atoms with Crippen molar-refractivity contribution in [2.75, 3.05) is 0 Å². The number of rotatable bonds is 2. The number of aromatic carboxylic acids is 1. The molecule has 0 bridgehead atoms. The van der Waals surface area contributed by atoms with Gasteiger partial charge in [0.25, 0.3) is 0 Å². The lowest BCUT2D eigenvalue weighted by molar-refractivity contribution is 0.0666. The second-order valence-corrected chi connectivity index (χ2v) is 5.78. The van der Waals surface area contributed by atoms with Crippen molar-refractivity contribution in [2.45, 2.75) is 13.8 Å². The lowest BCUT2D eigenvalue weighted by Gasteiger charge is -2.06. The summed E-state index contributed by atoms with van der Waals surface area (Å²) >= 11 is 3.56. The van der Waals surface area contributed by atoms with Crippen LogP contribution in [0.4, 0.5) is 0 Å². The fourth-order valence-corrected chi connectivity index (χ4v) is 2.93. The molecule has 21 heavy (non-hydrogen) atoms. The second kappa shape index (κ2) is 5.04. The monoisotopic (exact) mass is 344 g/mol. The number of furan rings is 1. The number of carboxylic acid groups (broad SMARTS) is 1. The highest BCUT2D eigenvalue weighted by Gasteiger charge is 2.23. The Labute approximate surface area is 130 Å². The Kier molecular flexibility index (Phi) is 3.33. The number of halogens is 1. The van der Waals surface area contributed by atoms with Crippen LogP contribution in [-0.2, 0) is 0 Å². The average Bonchev–Trinajstić information content (AvgIpc) is 2.85. The van der Waals surface area contributed by atoms with Crippen molar-refractivity contribution >= 4 is 32.9 Å². The van der Waals surface area contributed by atoms with Gasteiger partial charge in [0.1, 0.15) is 5.58 Å². The fraction of sp³-hybridized carbons (Fsp3) is 0.118. The number of carboxylic acids is 1. The van der Waals surface area contributed by atoms with E-state index >= 15 is 0 Å². The van der Waals surface area contributed by atoms with Crippen LogP contribution in [0.1, 0.15) is 21.7 Å². The lowest BCUT2D eigenvalue weighted by atomic mass is 9.98. The summed E-state index contributed by atoms with van der Waals surface area (Å²) in [5.41, 5.74) is 4.08. The van der Waals surface area contributed by atoms with Gasteiger partial charge in [0.15, 0.2) is 0 Å². The molecule has 0 spiro atoms. The Morgan fingerprint density at radius 3 is 2.48 bits per heavy atom. The van der Waals surface area contributed by atoms with Crippen LogP contribution in [0.3, 0.4) is 0 Å². The van der Waals surface area contributed by atoms with Crippen LogP contribution < -0.4 is 0 Å². The lowest BCUT2D eigenvalue weighted by Crippen LogP contribution is -1.96. The van der Waals surface area contributed by atoms with E-state index in [1.165, 1.54) is 0 Å². The number of benzene rings is 2. The van der Waals surface area contributed by atoms with Crippen LogP contribution in [0, 0.1) is 13.8 Å².